The molecular formula is C10H11ClN4O. The second kappa shape index (κ2) is 5.87. The number of nitrogens with zero attached hydrogens (tertiary/aromatic N) is 3. The Balaban J connectivity index is 0.00000128. The Hall–Kier alpha value is -1.88. The fourth-order valence-electron chi connectivity index (χ4n) is 1.13. The molecule has 0 radical (unpaired) electrons. The van der Waals surface area contributed by atoms with E-state index in [0.29, 0.717) is 12.5 Å². The number of aromatic hydroxyl groups is 1. The molecule has 2 N–H and O–H groups in total. The average Bonchev–Trinajstić information content (AvgIpc) is 2.30. The van der Waals surface area contributed by atoms with Gasteiger partial charge >= 0.3 is 0 Å². The van der Waals surface area contributed by atoms with Crippen molar-refractivity contribution in [3.63, 3.8) is 0 Å². The Morgan fingerprint density at radius 1 is 1.06 bits per heavy atom. The SMILES string of the molecule is Cl.Oc1ccc(CNc2ncncn2)cc1. The van der Waals surface area contributed by atoms with E-state index in [9.17, 15) is 0 Å². The first-order valence-corrected chi connectivity index (χ1v) is 4.48. The van der Waals surface area contributed by atoms with E-state index >= 15 is 0 Å². The molecule has 0 atom stereocenters. The predicted octanol–water partition coefficient (Wildman–Crippen LogP) is 1.61. The molecule has 0 saturated heterocycles. The molecule has 5 nitrogen and oxygen atoms in total. The van der Waals surface area contributed by atoms with Crippen LogP contribution in [0.2, 0.25) is 0 Å². The second-order valence-corrected chi connectivity index (χ2v) is 2.98. The molecule has 1 aromatic heterocycles. The van der Waals surface area contributed by atoms with Gasteiger partial charge in [-0.3, -0.25) is 0 Å². The summed E-state index contributed by atoms with van der Waals surface area (Å²) in [6.45, 7) is 0.615. The van der Waals surface area contributed by atoms with Crippen molar-refractivity contribution in [2.24, 2.45) is 0 Å². The lowest BCUT2D eigenvalue weighted by Crippen LogP contribution is -2.03. The van der Waals surface area contributed by atoms with E-state index in [0.717, 1.165) is 5.56 Å². The van der Waals surface area contributed by atoms with Gasteiger partial charge in [0.25, 0.3) is 0 Å². The maximum absolute atomic E-state index is 9.09. The standard InChI is InChI=1S/C10H10N4O.ClH/c15-9-3-1-8(2-4-9)5-12-10-13-6-11-7-14-10;/h1-4,6-7,15H,5H2,(H,11,12,13,14);1H. The molecule has 2 rings (SSSR count). The van der Waals surface area contributed by atoms with E-state index in [1.165, 1.54) is 12.7 Å². The first-order chi connectivity index (χ1) is 7.34. The number of hydrogen-bond acceptors (Lipinski definition) is 5. The Morgan fingerprint density at radius 2 is 1.69 bits per heavy atom. The largest absolute Gasteiger partial charge is 0.508 e. The maximum Gasteiger partial charge on any atom is 0.225 e. The van der Waals surface area contributed by atoms with E-state index in [1.54, 1.807) is 12.1 Å². The van der Waals surface area contributed by atoms with Crippen molar-refractivity contribution in [1.29, 1.82) is 0 Å². The summed E-state index contributed by atoms with van der Waals surface area (Å²) in [6, 6.07) is 6.96. The van der Waals surface area contributed by atoms with Gasteiger partial charge in [0, 0.05) is 6.54 Å². The molecule has 1 aromatic carbocycles. The van der Waals surface area contributed by atoms with Crippen LogP contribution in [0, 0.1) is 0 Å². The summed E-state index contributed by atoms with van der Waals surface area (Å²) in [5.74, 6) is 0.803. The van der Waals surface area contributed by atoms with Crippen LogP contribution in [0.15, 0.2) is 36.9 Å². The van der Waals surface area contributed by atoms with Gasteiger partial charge in [-0.05, 0) is 17.7 Å². The Bertz CT molecular complexity index is 421. The highest BCUT2D eigenvalue weighted by molar-refractivity contribution is 5.85. The van der Waals surface area contributed by atoms with Gasteiger partial charge in [-0.2, -0.15) is 0 Å². The Morgan fingerprint density at radius 3 is 2.31 bits per heavy atom. The zero-order valence-electron chi connectivity index (χ0n) is 8.37. The monoisotopic (exact) mass is 238 g/mol. The van der Waals surface area contributed by atoms with Crippen molar-refractivity contribution in [2.45, 2.75) is 6.54 Å². The van der Waals surface area contributed by atoms with E-state index in [1.807, 2.05) is 12.1 Å². The lowest BCUT2D eigenvalue weighted by Gasteiger charge is -2.03. The van der Waals surface area contributed by atoms with Crippen molar-refractivity contribution in [1.82, 2.24) is 15.0 Å². The van der Waals surface area contributed by atoms with Crippen molar-refractivity contribution in [3.05, 3.63) is 42.5 Å². The van der Waals surface area contributed by atoms with Crippen molar-refractivity contribution in [2.75, 3.05) is 5.32 Å². The van der Waals surface area contributed by atoms with Gasteiger partial charge in [-0.1, -0.05) is 12.1 Å². The summed E-state index contributed by atoms with van der Waals surface area (Å²) in [5.41, 5.74) is 1.05. The molecule has 84 valence electrons. The number of halogens is 1. The third kappa shape index (κ3) is 3.36. The van der Waals surface area contributed by atoms with Gasteiger partial charge in [0.2, 0.25) is 5.95 Å². The fourth-order valence-corrected chi connectivity index (χ4v) is 1.13. The molecule has 0 saturated carbocycles. The average molecular weight is 239 g/mol. The minimum atomic E-state index is 0. The molecular weight excluding hydrogens is 228 g/mol. The van der Waals surface area contributed by atoms with Crippen LogP contribution in [0.25, 0.3) is 0 Å². The van der Waals surface area contributed by atoms with E-state index in [-0.39, 0.29) is 18.2 Å². The topological polar surface area (TPSA) is 70.9 Å². The molecule has 0 unspecified atom stereocenters. The van der Waals surface area contributed by atoms with E-state index < -0.39 is 0 Å². The first kappa shape index (κ1) is 12.2. The number of nitrogens with one attached hydrogen (secondary N) is 1. The van der Waals surface area contributed by atoms with Gasteiger partial charge in [-0.15, -0.1) is 12.4 Å². The molecule has 0 bridgehead atoms. The predicted molar refractivity (Wildman–Crippen MR) is 62.5 cm³/mol. The molecule has 0 aliphatic rings. The molecule has 0 amide bonds. The summed E-state index contributed by atoms with van der Waals surface area (Å²) < 4.78 is 0. The zero-order valence-corrected chi connectivity index (χ0v) is 9.18. The molecule has 0 aliphatic carbocycles. The van der Waals surface area contributed by atoms with Crippen LogP contribution < -0.4 is 5.32 Å². The lowest BCUT2D eigenvalue weighted by molar-refractivity contribution is 0.475. The molecule has 6 heteroatoms. The molecule has 0 spiro atoms. The molecule has 0 fully saturated rings. The summed E-state index contributed by atoms with van der Waals surface area (Å²) in [4.78, 5) is 11.6. The molecule has 0 aliphatic heterocycles. The molecule has 16 heavy (non-hydrogen) atoms. The molecule has 2 aromatic rings. The Kier molecular flexibility index (Phi) is 4.47. The minimum absolute atomic E-state index is 0. The van der Waals surface area contributed by atoms with Gasteiger partial charge in [0.15, 0.2) is 0 Å². The van der Waals surface area contributed by atoms with Crippen molar-refractivity contribution >= 4 is 18.4 Å². The van der Waals surface area contributed by atoms with E-state index in [2.05, 4.69) is 20.3 Å². The van der Waals surface area contributed by atoms with Crippen LogP contribution in [0.4, 0.5) is 5.95 Å². The summed E-state index contributed by atoms with van der Waals surface area (Å²) >= 11 is 0. The van der Waals surface area contributed by atoms with Crippen molar-refractivity contribution < 1.29 is 5.11 Å². The smallest absolute Gasteiger partial charge is 0.225 e. The Labute approximate surface area is 99.0 Å². The van der Waals surface area contributed by atoms with Crippen LogP contribution in [0.1, 0.15) is 5.56 Å². The van der Waals surface area contributed by atoms with Gasteiger partial charge in [0.05, 0.1) is 0 Å². The van der Waals surface area contributed by atoms with Crippen molar-refractivity contribution in [3.8, 4) is 5.75 Å². The fraction of sp³-hybridized carbons (Fsp3) is 0.100. The van der Waals surface area contributed by atoms with Gasteiger partial charge in [0.1, 0.15) is 18.4 Å². The highest BCUT2D eigenvalue weighted by Gasteiger charge is 1.95. The number of hydrogen-bond donors (Lipinski definition) is 2. The van der Waals surface area contributed by atoms with Crippen LogP contribution in [-0.2, 0) is 6.54 Å². The maximum atomic E-state index is 9.09. The number of phenols is 1. The normalized spacial score (nSPS) is 9.25. The number of benzene rings is 1. The number of phenolic OH excluding ortho intramolecular Hbond substituents is 1. The third-order valence-electron chi connectivity index (χ3n) is 1.88. The van der Waals surface area contributed by atoms with Crippen LogP contribution in [0.3, 0.4) is 0 Å². The first-order valence-electron chi connectivity index (χ1n) is 4.48. The van der Waals surface area contributed by atoms with Crippen LogP contribution in [0.5, 0.6) is 5.75 Å². The highest BCUT2D eigenvalue weighted by Crippen LogP contribution is 2.10. The summed E-state index contributed by atoms with van der Waals surface area (Å²) in [5, 5.41) is 12.1. The molecule has 1 heterocycles. The quantitative estimate of drug-likeness (QED) is 0.850. The van der Waals surface area contributed by atoms with Gasteiger partial charge < -0.3 is 10.4 Å². The third-order valence-corrected chi connectivity index (χ3v) is 1.88. The zero-order chi connectivity index (χ0) is 10.5. The lowest BCUT2D eigenvalue weighted by atomic mass is 10.2. The highest BCUT2D eigenvalue weighted by atomic mass is 35.5. The number of anilines is 1. The summed E-state index contributed by atoms with van der Waals surface area (Å²) in [7, 11) is 0. The minimum Gasteiger partial charge on any atom is -0.508 e. The van der Waals surface area contributed by atoms with Gasteiger partial charge in [-0.25, -0.2) is 15.0 Å². The number of aromatic nitrogens is 3. The second-order valence-electron chi connectivity index (χ2n) is 2.98. The summed E-state index contributed by atoms with van der Waals surface area (Å²) in [6.07, 6.45) is 2.87. The van der Waals surface area contributed by atoms with Crippen LogP contribution >= 0.6 is 12.4 Å². The van der Waals surface area contributed by atoms with E-state index in [4.69, 9.17) is 5.11 Å². The van der Waals surface area contributed by atoms with Crippen LogP contribution in [-0.4, -0.2) is 20.1 Å². The number of rotatable bonds is 3.